The third-order valence-electron chi connectivity index (χ3n) is 4.21. The summed E-state index contributed by atoms with van der Waals surface area (Å²) in [5.74, 6) is 3.23. The van der Waals surface area contributed by atoms with Gasteiger partial charge in [0, 0.05) is 12.5 Å². The quantitative estimate of drug-likeness (QED) is 0.801. The van der Waals surface area contributed by atoms with Gasteiger partial charge in [0.1, 0.15) is 5.76 Å². The van der Waals surface area contributed by atoms with E-state index in [9.17, 15) is 4.79 Å². The van der Waals surface area contributed by atoms with Crippen LogP contribution in [0.3, 0.4) is 0 Å². The predicted molar refractivity (Wildman–Crippen MR) is 64.1 cm³/mol. The van der Waals surface area contributed by atoms with Crippen LogP contribution in [-0.4, -0.2) is 17.4 Å². The van der Waals surface area contributed by atoms with Crippen molar-refractivity contribution in [2.45, 2.75) is 32.7 Å². The molecule has 2 unspecified atom stereocenters. The third kappa shape index (κ3) is 2.11. The zero-order chi connectivity index (χ0) is 11.8. The lowest BCUT2D eigenvalue weighted by molar-refractivity contribution is -0.136. The van der Waals surface area contributed by atoms with Crippen molar-refractivity contribution in [2.75, 3.05) is 6.54 Å². The molecule has 2 saturated carbocycles. The van der Waals surface area contributed by atoms with Gasteiger partial charge in [0.05, 0.1) is 12.8 Å². The van der Waals surface area contributed by atoms with Gasteiger partial charge in [-0.1, -0.05) is 0 Å². The first-order valence-electron chi connectivity index (χ1n) is 6.59. The number of furan rings is 1. The minimum absolute atomic E-state index is 0.286. The van der Waals surface area contributed by atoms with Crippen molar-refractivity contribution in [3.8, 4) is 0 Å². The Balaban J connectivity index is 1.62. The van der Waals surface area contributed by atoms with Crippen LogP contribution in [0.1, 0.15) is 31.9 Å². The van der Waals surface area contributed by atoms with Gasteiger partial charge in [0.2, 0.25) is 5.91 Å². The Bertz CT molecular complexity index is 388. The molecule has 92 valence electrons. The second-order valence-corrected chi connectivity index (χ2v) is 5.36. The third-order valence-corrected chi connectivity index (χ3v) is 4.21. The van der Waals surface area contributed by atoms with Gasteiger partial charge >= 0.3 is 0 Å². The second-order valence-electron chi connectivity index (χ2n) is 5.36. The molecule has 0 saturated heterocycles. The first kappa shape index (κ1) is 10.9. The lowest BCUT2D eigenvalue weighted by Crippen LogP contribution is -2.35. The van der Waals surface area contributed by atoms with E-state index in [1.54, 1.807) is 6.26 Å². The number of carbonyl (C=O) groups excluding carboxylic acids is 1. The average Bonchev–Trinajstić information content (AvgIpc) is 2.81. The van der Waals surface area contributed by atoms with E-state index in [1.165, 1.54) is 6.42 Å². The van der Waals surface area contributed by atoms with Crippen LogP contribution in [0.4, 0.5) is 0 Å². The highest BCUT2D eigenvalue weighted by atomic mass is 16.3. The van der Waals surface area contributed by atoms with Crippen molar-refractivity contribution in [1.29, 1.82) is 0 Å². The second kappa shape index (κ2) is 4.21. The van der Waals surface area contributed by atoms with Crippen LogP contribution >= 0.6 is 0 Å². The van der Waals surface area contributed by atoms with Gasteiger partial charge < -0.3 is 9.32 Å². The summed E-state index contributed by atoms with van der Waals surface area (Å²) < 4.78 is 5.31. The molecule has 17 heavy (non-hydrogen) atoms. The van der Waals surface area contributed by atoms with E-state index in [1.807, 2.05) is 24.0 Å². The van der Waals surface area contributed by atoms with Gasteiger partial charge in [-0.05, 0) is 50.2 Å². The number of carbonyl (C=O) groups is 1. The number of amides is 1. The molecule has 1 aromatic rings. The van der Waals surface area contributed by atoms with Crippen LogP contribution in [0.15, 0.2) is 22.8 Å². The Morgan fingerprint density at radius 2 is 2.18 bits per heavy atom. The molecular weight excluding hydrogens is 214 g/mol. The topological polar surface area (TPSA) is 33.5 Å². The summed E-state index contributed by atoms with van der Waals surface area (Å²) in [6.07, 6.45) is 5.28. The molecule has 3 rings (SSSR count). The van der Waals surface area contributed by atoms with Crippen molar-refractivity contribution in [2.24, 2.45) is 17.8 Å². The molecule has 2 atom stereocenters. The van der Waals surface area contributed by atoms with Crippen LogP contribution in [0.5, 0.6) is 0 Å². The van der Waals surface area contributed by atoms with E-state index < -0.39 is 0 Å². The van der Waals surface area contributed by atoms with E-state index >= 15 is 0 Å². The Labute approximate surface area is 102 Å². The molecule has 0 aromatic carbocycles. The molecule has 0 bridgehead atoms. The number of fused-ring (bicyclic) bond motifs is 1. The fourth-order valence-corrected chi connectivity index (χ4v) is 3.11. The standard InChI is InChI=1S/C14H19NO2/c1-2-15(9-13-4-3-5-17-13)14(16)12-7-10-6-11(10)8-12/h3-5,10-12H,2,6-9H2,1H3. The van der Waals surface area contributed by atoms with E-state index in [0.29, 0.717) is 12.5 Å². The minimum Gasteiger partial charge on any atom is -0.467 e. The Morgan fingerprint density at radius 1 is 1.41 bits per heavy atom. The zero-order valence-corrected chi connectivity index (χ0v) is 10.3. The Morgan fingerprint density at radius 3 is 2.76 bits per heavy atom. The highest BCUT2D eigenvalue weighted by molar-refractivity contribution is 5.79. The molecule has 3 nitrogen and oxygen atoms in total. The first-order valence-corrected chi connectivity index (χ1v) is 6.59. The summed E-state index contributed by atoms with van der Waals surface area (Å²) in [6, 6.07) is 3.81. The molecule has 1 heterocycles. The highest BCUT2D eigenvalue weighted by Gasteiger charge is 2.48. The van der Waals surface area contributed by atoms with Crippen LogP contribution in [0.25, 0.3) is 0 Å². The summed E-state index contributed by atoms with van der Waals surface area (Å²) in [7, 11) is 0. The van der Waals surface area contributed by atoms with E-state index in [0.717, 1.165) is 37.0 Å². The van der Waals surface area contributed by atoms with Crippen LogP contribution in [-0.2, 0) is 11.3 Å². The van der Waals surface area contributed by atoms with E-state index in [2.05, 4.69) is 0 Å². The minimum atomic E-state index is 0.286. The van der Waals surface area contributed by atoms with Gasteiger partial charge in [-0.25, -0.2) is 0 Å². The number of rotatable bonds is 4. The Hall–Kier alpha value is -1.25. The molecule has 0 spiro atoms. The summed E-state index contributed by atoms with van der Waals surface area (Å²) in [5.41, 5.74) is 0. The van der Waals surface area contributed by atoms with Crippen molar-refractivity contribution >= 4 is 5.91 Å². The van der Waals surface area contributed by atoms with Gasteiger partial charge in [-0.2, -0.15) is 0 Å². The lowest BCUT2D eigenvalue weighted by atomic mass is 10.0. The molecule has 2 aliphatic carbocycles. The molecule has 0 radical (unpaired) electrons. The summed E-state index contributed by atoms with van der Waals surface area (Å²) in [5, 5.41) is 0. The molecule has 1 aromatic heterocycles. The molecular formula is C14H19NO2. The summed E-state index contributed by atoms with van der Waals surface area (Å²) >= 11 is 0. The number of hydrogen-bond donors (Lipinski definition) is 0. The molecule has 2 aliphatic rings. The van der Waals surface area contributed by atoms with Crippen molar-refractivity contribution in [1.82, 2.24) is 4.90 Å². The predicted octanol–water partition coefficient (Wildman–Crippen LogP) is 2.67. The van der Waals surface area contributed by atoms with Crippen LogP contribution < -0.4 is 0 Å². The van der Waals surface area contributed by atoms with Gasteiger partial charge in [0.15, 0.2) is 0 Å². The number of nitrogens with zero attached hydrogens (tertiary/aromatic N) is 1. The summed E-state index contributed by atoms with van der Waals surface area (Å²) in [4.78, 5) is 14.3. The molecule has 2 fully saturated rings. The largest absolute Gasteiger partial charge is 0.467 e. The van der Waals surface area contributed by atoms with Crippen molar-refractivity contribution in [3.05, 3.63) is 24.2 Å². The lowest BCUT2D eigenvalue weighted by Gasteiger charge is -2.24. The monoisotopic (exact) mass is 233 g/mol. The smallest absolute Gasteiger partial charge is 0.226 e. The maximum atomic E-state index is 12.4. The van der Waals surface area contributed by atoms with Gasteiger partial charge in [0.25, 0.3) is 0 Å². The highest BCUT2D eigenvalue weighted by Crippen LogP contribution is 2.54. The maximum Gasteiger partial charge on any atom is 0.226 e. The van der Waals surface area contributed by atoms with Gasteiger partial charge in [-0.15, -0.1) is 0 Å². The molecule has 0 N–H and O–H groups in total. The average molecular weight is 233 g/mol. The fraction of sp³-hybridized carbons (Fsp3) is 0.643. The normalized spacial score (nSPS) is 30.1. The number of hydrogen-bond acceptors (Lipinski definition) is 2. The first-order chi connectivity index (χ1) is 8.28. The zero-order valence-electron chi connectivity index (χ0n) is 10.3. The van der Waals surface area contributed by atoms with Crippen molar-refractivity contribution in [3.63, 3.8) is 0 Å². The molecule has 0 aliphatic heterocycles. The molecule has 3 heteroatoms. The van der Waals surface area contributed by atoms with Crippen molar-refractivity contribution < 1.29 is 9.21 Å². The van der Waals surface area contributed by atoms with Gasteiger partial charge in [-0.3, -0.25) is 4.79 Å². The summed E-state index contributed by atoms with van der Waals surface area (Å²) in [6.45, 7) is 3.43. The fourth-order valence-electron chi connectivity index (χ4n) is 3.11. The van der Waals surface area contributed by atoms with Crippen LogP contribution in [0, 0.1) is 17.8 Å². The Kier molecular flexibility index (Phi) is 2.69. The SMILES string of the molecule is CCN(Cc1ccco1)C(=O)C1CC2CC2C1. The van der Waals surface area contributed by atoms with E-state index in [4.69, 9.17) is 4.42 Å². The van der Waals surface area contributed by atoms with Crippen LogP contribution in [0.2, 0.25) is 0 Å². The van der Waals surface area contributed by atoms with E-state index in [-0.39, 0.29) is 5.92 Å². The maximum absolute atomic E-state index is 12.4. The molecule has 1 amide bonds.